The van der Waals surface area contributed by atoms with Gasteiger partial charge in [-0.2, -0.15) is 5.26 Å². The minimum Gasteiger partial charge on any atom is -0.254 e. The van der Waals surface area contributed by atoms with Crippen LogP contribution in [0.15, 0.2) is 188 Å². The Morgan fingerprint density at radius 1 is 0.434 bits per heavy atom. The molecular formula is C50H31N3. The molecule has 2 heterocycles. The first-order valence-electron chi connectivity index (χ1n) is 17.9. The minimum absolute atomic E-state index is 0.527. The number of pyridine rings is 2. The summed E-state index contributed by atoms with van der Waals surface area (Å²) >= 11 is 0. The number of nitrogens with zero attached hydrogens (tertiary/aromatic N) is 3. The minimum atomic E-state index is -0.527. The molecule has 0 radical (unpaired) electrons. The van der Waals surface area contributed by atoms with E-state index in [0.717, 1.165) is 55.3 Å². The van der Waals surface area contributed by atoms with Gasteiger partial charge in [-0.1, -0.05) is 158 Å². The van der Waals surface area contributed by atoms with Crippen molar-refractivity contribution in [2.45, 2.75) is 5.41 Å². The van der Waals surface area contributed by atoms with Crippen LogP contribution in [0.25, 0.3) is 66.4 Å². The molecule has 10 rings (SSSR count). The van der Waals surface area contributed by atoms with Crippen LogP contribution in [0.3, 0.4) is 0 Å². The van der Waals surface area contributed by atoms with Gasteiger partial charge in [-0.3, -0.25) is 4.98 Å². The molecule has 0 aliphatic heterocycles. The van der Waals surface area contributed by atoms with Crippen molar-refractivity contribution in [2.24, 2.45) is 0 Å². The van der Waals surface area contributed by atoms with Gasteiger partial charge in [0.05, 0.1) is 33.8 Å². The van der Waals surface area contributed by atoms with Crippen LogP contribution >= 0.6 is 0 Å². The average molecular weight is 674 g/mol. The topological polar surface area (TPSA) is 49.6 Å². The van der Waals surface area contributed by atoms with Crippen LogP contribution in [0.5, 0.6) is 0 Å². The van der Waals surface area contributed by atoms with Gasteiger partial charge in [-0.15, -0.1) is 0 Å². The maximum atomic E-state index is 9.36. The smallest absolute Gasteiger partial charge is 0.0991 e. The molecule has 0 saturated heterocycles. The molecule has 53 heavy (non-hydrogen) atoms. The first-order chi connectivity index (χ1) is 26.2. The van der Waals surface area contributed by atoms with Crippen molar-refractivity contribution in [1.82, 2.24) is 9.97 Å². The monoisotopic (exact) mass is 673 g/mol. The van der Waals surface area contributed by atoms with Crippen LogP contribution in [0.2, 0.25) is 0 Å². The summed E-state index contributed by atoms with van der Waals surface area (Å²) in [6.07, 6.45) is 1.84. The van der Waals surface area contributed by atoms with Crippen molar-refractivity contribution >= 4 is 21.8 Å². The highest BCUT2D eigenvalue weighted by molar-refractivity contribution is 6.05. The first-order valence-corrected chi connectivity index (χ1v) is 17.9. The predicted molar refractivity (Wildman–Crippen MR) is 215 cm³/mol. The van der Waals surface area contributed by atoms with E-state index in [0.29, 0.717) is 5.56 Å². The van der Waals surface area contributed by atoms with E-state index in [1.54, 1.807) is 0 Å². The van der Waals surface area contributed by atoms with Crippen LogP contribution in [0, 0.1) is 11.3 Å². The van der Waals surface area contributed by atoms with Crippen molar-refractivity contribution < 1.29 is 0 Å². The summed E-state index contributed by atoms with van der Waals surface area (Å²) in [6.45, 7) is 0. The van der Waals surface area contributed by atoms with Crippen molar-refractivity contribution in [1.29, 1.82) is 5.26 Å². The standard InChI is InChI=1S/C50H31N3/c51-32-33-17-19-34(20-18-33)35-21-23-36(24-22-35)46-42(45-30-27-38-26-25-37-10-9-31-52-48(37)49(38)53-45)28-29-44-47(46)41-15-7-8-16-43(41)50(44,39-11-3-1-4-12-39)40-13-5-2-6-14-40/h1-31H. The van der Waals surface area contributed by atoms with E-state index in [1.807, 2.05) is 36.5 Å². The highest BCUT2D eigenvalue weighted by Crippen LogP contribution is 2.59. The van der Waals surface area contributed by atoms with Crippen LogP contribution in [-0.2, 0) is 5.41 Å². The fraction of sp³-hybridized carbons (Fsp3) is 0.0200. The number of benzene rings is 7. The largest absolute Gasteiger partial charge is 0.254 e. The van der Waals surface area contributed by atoms with Gasteiger partial charge in [0.1, 0.15) is 0 Å². The lowest BCUT2D eigenvalue weighted by Crippen LogP contribution is -2.28. The van der Waals surface area contributed by atoms with Gasteiger partial charge < -0.3 is 0 Å². The van der Waals surface area contributed by atoms with Gasteiger partial charge in [0.25, 0.3) is 0 Å². The summed E-state index contributed by atoms with van der Waals surface area (Å²) in [4.78, 5) is 10.2. The van der Waals surface area contributed by atoms with Gasteiger partial charge >= 0.3 is 0 Å². The Labute approximate surface area is 308 Å². The van der Waals surface area contributed by atoms with Crippen molar-refractivity contribution in [2.75, 3.05) is 0 Å². The summed E-state index contributed by atoms with van der Waals surface area (Å²) in [5.41, 5.74) is 15.7. The maximum Gasteiger partial charge on any atom is 0.0991 e. The Bertz CT molecular complexity index is 2830. The van der Waals surface area contributed by atoms with Crippen LogP contribution < -0.4 is 0 Å². The molecule has 0 N–H and O–H groups in total. The predicted octanol–water partition coefficient (Wildman–Crippen LogP) is 12.0. The molecule has 3 heteroatoms. The quantitative estimate of drug-likeness (QED) is 0.171. The lowest BCUT2D eigenvalue weighted by atomic mass is 9.67. The van der Waals surface area contributed by atoms with E-state index in [-0.39, 0.29) is 0 Å². The number of rotatable bonds is 5. The third-order valence-corrected chi connectivity index (χ3v) is 10.9. The Morgan fingerprint density at radius 2 is 1.04 bits per heavy atom. The van der Waals surface area contributed by atoms with Gasteiger partial charge in [0, 0.05) is 22.5 Å². The normalized spacial score (nSPS) is 12.7. The van der Waals surface area contributed by atoms with E-state index in [4.69, 9.17) is 9.97 Å². The van der Waals surface area contributed by atoms with Crippen LogP contribution in [0.4, 0.5) is 0 Å². The average Bonchev–Trinajstić information content (AvgIpc) is 3.55. The molecule has 0 atom stereocenters. The fourth-order valence-corrected chi connectivity index (χ4v) is 8.49. The zero-order valence-corrected chi connectivity index (χ0v) is 28.7. The van der Waals surface area contributed by atoms with Crippen molar-refractivity contribution in [3.05, 3.63) is 216 Å². The van der Waals surface area contributed by atoms with E-state index in [1.165, 1.54) is 33.4 Å². The molecule has 0 saturated carbocycles. The molecule has 2 aromatic heterocycles. The molecular weight excluding hydrogens is 643 g/mol. The Hall–Kier alpha value is -7.15. The first kappa shape index (κ1) is 30.7. The number of nitriles is 1. The van der Waals surface area contributed by atoms with Gasteiger partial charge in [0.15, 0.2) is 0 Å². The number of aromatic nitrogens is 2. The molecule has 0 spiro atoms. The highest BCUT2D eigenvalue weighted by Gasteiger charge is 2.47. The van der Waals surface area contributed by atoms with E-state index in [9.17, 15) is 5.26 Å². The second kappa shape index (κ2) is 12.3. The molecule has 246 valence electrons. The third-order valence-electron chi connectivity index (χ3n) is 10.9. The van der Waals surface area contributed by atoms with Gasteiger partial charge in [0.2, 0.25) is 0 Å². The van der Waals surface area contributed by atoms with Crippen LogP contribution in [0.1, 0.15) is 27.8 Å². The molecule has 1 aliphatic carbocycles. The molecule has 0 amide bonds. The Morgan fingerprint density at radius 3 is 1.74 bits per heavy atom. The molecule has 0 fully saturated rings. The number of hydrogen-bond acceptors (Lipinski definition) is 3. The molecule has 0 bridgehead atoms. The van der Waals surface area contributed by atoms with E-state index >= 15 is 0 Å². The van der Waals surface area contributed by atoms with E-state index < -0.39 is 5.41 Å². The summed E-state index contributed by atoms with van der Waals surface area (Å²) in [5.74, 6) is 0. The molecule has 9 aromatic rings. The highest BCUT2D eigenvalue weighted by atomic mass is 14.8. The lowest BCUT2D eigenvalue weighted by Gasteiger charge is -2.34. The van der Waals surface area contributed by atoms with Crippen LogP contribution in [-0.4, -0.2) is 9.97 Å². The van der Waals surface area contributed by atoms with Gasteiger partial charge in [-0.25, -0.2) is 4.98 Å². The zero-order chi connectivity index (χ0) is 35.4. The molecule has 7 aromatic carbocycles. The third kappa shape index (κ3) is 4.74. The Balaban J connectivity index is 1.29. The second-order valence-corrected chi connectivity index (χ2v) is 13.6. The molecule has 3 nitrogen and oxygen atoms in total. The van der Waals surface area contributed by atoms with Crippen molar-refractivity contribution in [3.8, 4) is 50.7 Å². The second-order valence-electron chi connectivity index (χ2n) is 13.6. The fourth-order valence-electron chi connectivity index (χ4n) is 8.49. The Kier molecular flexibility index (Phi) is 7.09. The van der Waals surface area contributed by atoms with E-state index in [2.05, 4.69) is 158 Å². The summed E-state index contributed by atoms with van der Waals surface area (Å²) < 4.78 is 0. The molecule has 1 aliphatic rings. The van der Waals surface area contributed by atoms with Gasteiger partial charge in [-0.05, 0) is 79.9 Å². The molecule has 0 unspecified atom stereocenters. The summed E-state index contributed by atoms with van der Waals surface area (Å²) in [6, 6.07) is 66.9. The summed E-state index contributed by atoms with van der Waals surface area (Å²) in [7, 11) is 0. The summed E-state index contributed by atoms with van der Waals surface area (Å²) in [5, 5.41) is 11.5. The number of hydrogen-bond donors (Lipinski definition) is 0. The van der Waals surface area contributed by atoms with Crippen molar-refractivity contribution in [3.63, 3.8) is 0 Å². The number of fused-ring (bicyclic) bond motifs is 6. The lowest BCUT2D eigenvalue weighted by molar-refractivity contribution is 0.768. The SMILES string of the molecule is N#Cc1ccc(-c2ccc(-c3c(-c4ccc5ccc6cccnc6c5n4)ccc4c3-c3ccccc3C4(c3ccccc3)c3ccccc3)cc2)cc1. The zero-order valence-electron chi connectivity index (χ0n) is 28.7. The maximum absolute atomic E-state index is 9.36.